The molecule has 1 rings (SSSR count). The molecule has 0 bridgehead atoms. The van der Waals surface area contributed by atoms with Gasteiger partial charge < -0.3 is 5.73 Å². The van der Waals surface area contributed by atoms with Crippen molar-refractivity contribution in [3.8, 4) is 12.3 Å². The second kappa shape index (κ2) is 4.06. The van der Waals surface area contributed by atoms with E-state index in [1.54, 1.807) is 0 Å². The van der Waals surface area contributed by atoms with Crippen molar-refractivity contribution in [2.24, 2.45) is 5.73 Å². The van der Waals surface area contributed by atoms with Gasteiger partial charge in [0.1, 0.15) is 0 Å². The fourth-order valence-corrected chi connectivity index (χ4v) is 1.34. The number of nitrogens with zero attached hydrogens (tertiary/aromatic N) is 1. The van der Waals surface area contributed by atoms with Crippen molar-refractivity contribution in [1.29, 1.82) is 0 Å². The second-order valence-electron chi connectivity index (χ2n) is 3.23. The molecule has 0 aliphatic heterocycles. The lowest BCUT2D eigenvalue weighted by Crippen LogP contribution is -2.12. The van der Waals surface area contributed by atoms with Crippen molar-refractivity contribution in [3.05, 3.63) is 29.1 Å². The summed E-state index contributed by atoms with van der Waals surface area (Å²) in [6.07, 6.45) is 7.55. The van der Waals surface area contributed by atoms with Gasteiger partial charge in [0.25, 0.3) is 0 Å². The summed E-state index contributed by atoms with van der Waals surface area (Å²) in [6.45, 7) is 4.02. The molecule has 0 saturated carbocycles. The molecule has 0 radical (unpaired) electrons. The molecule has 0 aliphatic carbocycles. The van der Waals surface area contributed by atoms with Gasteiger partial charge in [0.05, 0.1) is 11.7 Å². The first-order chi connectivity index (χ1) is 6.15. The van der Waals surface area contributed by atoms with Gasteiger partial charge in [-0.3, -0.25) is 4.98 Å². The van der Waals surface area contributed by atoms with E-state index in [1.165, 1.54) is 0 Å². The lowest BCUT2D eigenvalue weighted by molar-refractivity contribution is 0.717. The van der Waals surface area contributed by atoms with E-state index in [0.717, 1.165) is 16.8 Å². The van der Waals surface area contributed by atoms with Crippen LogP contribution in [0.2, 0.25) is 0 Å². The van der Waals surface area contributed by atoms with Crippen LogP contribution >= 0.6 is 0 Å². The molecule has 0 saturated heterocycles. The smallest absolute Gasteiger partial charge is 0.0610 e. The number of hydrogen-bond donors (Lipinski definition) is 1. The third kappa shape index (κ3) is 2.30. The molecule has 1 unspecified atom stereocenters. The Morgan fingerprint density at radius 2 is 2.31 bits per heavy atom. The summed E-state index contributed by atoms with van der Waals surface area (Å²) in [5.41, 5.74) is 9.02. The van der Waals surface area contributed by atoms with Crippen LogP contribution in [0.15, 0.2) is 12.3 Å². The zero-order valence-corrected chi connectivity index (χ0v) is 8.04. The van der Waals surface area contributed by atoms with Crippen molar-refractivity contribution in [2.45, 2.75) is 26.3 Å². The van der Waals surface area contributed by atoms with E-state index in [-0.39, 0.29) is 6.04 Å². The molecule has 0 amide bonds. The molecule has 1 atom stereocenters. The summed E-state index contributed by atoms with van der Waals surface area (Å²) in [5.74, 6) is 2.54. The normalized spacial score (nSPS) is 12.2. The van der Waals surface area contributed by atoms with Crippen LogP contribution in [0, 0.1) is 26.2 Å². The maximum atomic E-state index is 5.85. The van der Waals surface area contributed by atoms with E-state index >= 15 is 0 Å². The van der Waals surface area contributed by atoms with Gasteiger partial charge in [-0.2, -0.15) is 0 Å². The van der Waals surface area contributed by atoms with Crippen LogP contribution in [-0.4, -0.2) is 4.98 Å². The molecular weight excluding hydrogens is 160 g/mol. The number of hydrogen-bond acceptors (Lipinski definition) is 2. The van der Waals surface area contributed by atoms with Gasteiger partial charge in [-0.15, -0.1) is 12.3 Å². The maximum Gasteiger partial charge on any atom is 0.0610 e. The highest BCUT2D eigenvalue weighted by molar-refractivity contribution is 5.26. The van der Waals surface area contributed by atoms with Crippen LogP contribution in [-0.2, 0) is 0 Å². The van der Waals surface area contributed by atoms with Crippen LogP contribution < -0.4 is 5.73 Å². The Kier molecular flexibility index (Phi) is 3.05. The van der Waals surface area contributed by atoms with Gasteiger partial charge in [0.15, 0.2) is 0 Å². The van der Waals surface area contributed by atoms with Gasteiger partial charge in [-0.05, 0) is 25.0 Å². The average molecular weight is 174 g/mol. The zero-order valence-electron chi connectivity index (χ0n) is 8.04. The summed E-state index contributed by atoms with van der Waals surface area (Å²) < 4.78 is 0. The number of aryl methyl sites for hydroxylation is 2. The summed E-state index contributed by atoms with van der Waals surface area (Å²) in [4.78, 5) is 4.28. The first kappa shape index (κ1) is 9.76. The van der Waals surface area contributed by atoms with Crippen molar-refractivity contribution >= 4 is 0 Å². The average Bonchev–Trinajstić information content (AvgIpc) is 2.04. The number of rotatable bonds is 2. The van der Waals surface area contributed by atoms with Gasteiger partial charge in [-0.1, -0.05) is 6.07 Å². The van der Waals surface area contributed by atoms with Gasteiger partial charge >= 0.3 is 0 Å². The minimum absolute atomic E-state index is 0.134. The fourth-order valence-electron chi connectivity index (χ4n) is 1.34. The molecule has 0 fully saturated rings. The molecule has 1 aromatic heterocycles. The van der Waals surface area contributed by atoms with E-state index in [4.69, 9.17) is 12.2 Å². The molecule has 2 nitrogen and oxygen atoms in total. The Bertz CT molecular complexity index is 336. The van der Waals surface area contributed by atoms with Crippen LogP contribution in [0.1, 0.15) is 29.3 Å². The van der Waals surface area contributed by atoms with Gasteiger partial charge in [-0.25, -0.2) is 0 Å². The SMILES string of the molecule is C#CCC(N)c1ncc(C)cc1C. The lowest BCUT2D eigenvalue weighted by Gasteiger charge is -2.10. The fraction of sp³-hybridized carbons (Fsp3) is 0.364. The largest absolute Gasteiger partial charge is 0.322 e. The Morgan fingerprint density at radius 3 is 2.85 bits per heavy atom. The van der Waals surface area contributed by atoms with Crippen molar-refractivity contribution in [1.82, 2.24) is 4.98 Å². The van der Waals surface area contributed by atoms with Crippen LogP contribution in [0.25, 0.3) is 0 Å². The van der Waals surface area contributed by atoms with E-state index in [9.17, 15) is 0 Å². The van der Waals surface area contributed by atoms with Crippen LogP contribution in [0.3, 0.4) is 0 Å². The van der Waals surface area contributed by atoms with Crippen LogP contribution in [0.4, 0.5) is 0 Å². The van der Waals surface area contributed by atoms with Crippen molar-refractivity contribution < 1.29 is 0 Å². The molecule has 1 aromatic rings. The Morgan fingerprint density at radius 1 is 1.62 bits per heavy atom. The summed E-state index contributed by atoms with van der Waals surface area (Å²) in [7, 11) is 0. The van der Waals surface area contributed by atoms with Crippen LogP contribution in [0.5, 0.6) is 0 Å². The quantitative estimate of drug-likeness (QED) is 0.693. The van der Waals surface area contributed by atoms with E-state index in [1.807, 2.05) is 20.0 Å². The summed E-state index contributed by atoms with van der Waals surface area (Å²) in [6, 6.07) is 1.93. The minimum atomic E-state index is -0.134. The second-order valence-corrected chi connectivity index (χ2v) is 3.23. The number of nitrogens with two attached hydrogens (primary N) is 1. The Hall–Kier alpha value is -1.33. The maximum absolute atomic E-state index is 5.85. The lowest BCUT2D eigenvalue weighted by atomic mass is 10.1. The molecule has 1 heterocycles. The van der Waals surface area contributed by atoms with Gasteiger partial charge in [0, 0.05) is 12.6 Å². The third-order valence-electron chi connectivity index (χ3n) is 1.94. The van der Waals surface area contributed by atoms with E-state index < -0.39 is 0 Å². The number of terminal acetylenes is 1. The highest BCUT2D eigenvalue weighted by Gasteiger charge is 2.08. The molecular formula is C11H14N2. The van der Waals surface area contributed by atoms with E-state index in [0.29, 0.717) is 6.42 Å². The van der Waals surface area contributed by atoms with Crippen molar-refractivity contribution in [3.63, 3.8) is 0 Å². The molecule has 0 spiro atoms. The first-order valence-corrected chi connectivity index (χ1v) is 4.27. The third-order valence-corrected chi connectivity index (χ3v) is 1.94. The zero-order chi connectivity index (χ0) is 9.84. The molecule has 68 valence electrons. The predicted molar refractivity (Wildman–Crippen MR) is 54.1 cm³/mol. The monoisotopic (exact) mass is 174 g/mol. The first-order valence-electron chi connectivity index (χ1n) is 4.27. The highest BCUT2D eigenvalue weighted by atomic mass is 14.8. The topological polar surface area (TPSA) is 38.9 Å². The molecule has 0 aliphatic rings. The number of aromatic nitrogens is 1. The predicted octanol–water partition coefficient (Wildman–Crippen LogP) is 1.72. The standard InChI is InChI=1S/C11H14N2/c1-4-5-10(12)11-9(3)6-8(2)7-13-11/h1,6-7,10H,5,12H2,2-3H3. The molecule has 2 heteroatoms. The Labute approximate surface area is 79.2 Å². The van der Waals surface area contributed by atoms with Gasteiger partial charge in [0.2, 0.25) is 0 Å². The number of pyridine rings is 1. The summed E-state index contributed by atoms with van der Waals surface area (Å²) >= 11 is 0. The Balaban J connectivity index is 2.96. The minimum Gasteiger partial charge on any atom is -0.322 e. The summed E-state index contributed by atoms with van der Waals surface area (Å²) in [5, 5.41) is 0. The molecule has 2 N–H and O–H groups in total. The molecule has 0 aromatic carbocycles. The van der Waals surface area contributed by atoms with Crippen molar-refractivity contribution in [2.75, 3.05) is 0 Å². The highest BCUT2D eigenvalue weighted by Crippen LogP contribution is 2.15. The van der Waals surface area contributed by atoms with E-state index in [2.05, 4.69) is 17.0 Å². The molecule has 13 heavy (non-hydrogen) atoms.